The number of aliphatic hydroxyl groups is 1. The third-order valence-corrected chi connectivity index (χ3v) is 2.97. The third-order valence-electron chi connectivity index (χ3n) is 2.97. The Morgan fingerprint density at radius 3 is 2.60 bits per heavy atom. The van der Waals surface area contributed by atoms with Crippen LogP contribution in [0.2, 0.25) is 0 Å². The van der Waals surface area contributed by atoms with E-state index < -0.39 is 6.10 Å². The number of carbonyl (C=O) groups excluding carboxylic acids is 1. The minimum Gasteiger partial charge on any atom is -0.466 e. The van der Waals surface area contributed by atoms with Gasteiger partial charge in [-0.3, -0.25) is 4.79 Å². The van der Waals surface area contributed by atoms with Gasteiger partial charge in [0.2, 0.25) is 0 Å². The van der Waals surface area contributed by atoms with Crippen LogP contribution in [-0.4, -0.2) is 30.3 Å². The third kappa shape index (κ3) is 5.21. The fraction of sp³-hybridized carbons (Fsp3) is 0.562. The fourth-order valence-corrected chi connectivity index (χ4v) is 2.00. The molecule has 0 aliphatic carbocycles. The minimum absolute atomic E-state index is 0.0124. The number of para-hydroxylation sites is 1. The lowest BCUT2D eigenvalue weighted by atomic mass is 9.86. The lowest BCUT2D eigenvalue weighted by Crippen LogP contribution is -2.25. The number of rotatable bonds is 6. The number of hydrogen-bond donors (Lipinski definition) is 2. The largest absolute Gasteiger partial charge is 0.466 e. The number of hydrogen-bond acceptors (Lipinski definition) is 4. The van der Waals surface area contributed by atoms with Crippen LogP contribution in [0.15, 0.2) is 24.3 Å². The quantitative estimate of drug-likeness (QED) is 0.786. The molecule has 0 heterocycles. The van der Waals surface area contributed by atoms with Gasteiger partial charge in [0.25, 0.3) is 0 Å². The maximum absolute atomic E-state index is 11.3. The molecule has 0 bridgehead atoms. The molecule has 4 heteroatoms. The molecule has 4 nitrogen and oxygen atoms in total. The molecule has 1 atom stereocenters. The van der Waals surface area contributed by atoms with E-state index in [0.29, 0.717) is 13.2 Å². The molecule has 0 aliphatic heterocycles. The highest BCUT2D eigenvalue weighted by Gasteiger charge is 2.18. The zero-order chi connectivity index (χ0) is 15.2. The highest BCUT2D eigenvalue weighted by atomic mass is 16.5. The molecule has 1 rings (SSSR count). The standard InChI is InChI=1S/C16H25NO3/c1-5-20-15(19)10-12(18)11-17-14-9-7-6-8-13(14)16(2,3)4/h6-9,12,17-18H,5,10-11H2,1-4H3. The molecule has 0 amide bonds. The van der Waals surface area contributed by atoms with Crippen molar-refractivity contribution >= 4 is 11.7 Å². The van der Waals surface area contributed by atoms with Crippen LogP contribution in [0, 0.1) is 0 Å². The van der Waals surface area contributed by atoms with E-state index in [1.165, 1.54) is 5.56 Å². The Labute approximate surface area is 121 Å². The molecule has 0 aliphatic rings. The van der Waals surface area contributed by atoms with Gasteiger partial charge in [0, 0.05) is 12.2 Å². The average molecular weight is 279 g/mol. The van der Waals surface area contributed by atoms with Crippen LogP contribution in [0.1, 0.15) is 39.7 Å². The van der Waals surface area contributed by atoms with Crippen molar-refractivity contribution < 1.29 is 14.6 Å². The Morgan fingerprint density at radius 2 is 2.00 bits per heavy atom. The number of nitrogens with one attached hydrogen (secondary N) is 1. The fourth-order valence-electron chi connectivity index (χ4n) is 2.00. The van der Waals surface area contributed by atoms with E-state index in [2.05, 4.69) is 32.2 Å². The van der Waals surface area contributed by atoms with E-state index in [-0.39, 0.29) is 17.8 Å². The summed E-state index contributed by atoms with van der Waals surface area (Å²) in [7, 11) is 0. The monoisotopic (exact) mass is 279 g/mol. The lowest BCUT2D eigenvalue weighted by Gasteiger charge is -2.24. The van der Waals surface area contributed by atoms with Crippen LogP contribution in [0.5, 0.6) is 0 Å². The summed E-state index contributed by atoms with van der Waals surface area (Å²) in [5.74, 6) is -0.370. The van der Waals surface area contributed by atoms with Gasteiger partial charge in [0.1, 0.15) is 0 Å². The van der Waals surface area contributed by atoms with E-state index >= 15 is 0 Å². The summed E-state index contributed by atoms with van der Waals surface area (Å²) in [5, 5.41) is 13.0. The molecule has 2 N–H and O–H groups in total. The zero-order valence-electron chi connectivity index (χ0n) is 12.8. The topological polar surface area (TPSA) is 58.6 Å². The second kappa shape index (κ2) is 7.29. The molecule has 112 valence electrons. The van der Waals surface area contributed by atoms with Crippen LogP contribution in [0.25, 0.3) is 0 Å². The Bertz CT molecular complexity index is 438. The zero-order valence-corrected chi connectivity index (χ0v) is 12.8. The van der Waals surface area contributed by atoms with Gasteiger partial charge < -0.3 is 15.2 Å². The summed E-state index contributed by atoms with van der Waals surface area (Å²) in [5.41, 5.74) is 2.20. The number of ether oxygens (including phenoxy) is 1. The molecular weight excluding hydrogens is 254 g/mol. The van der Waals surface area contributed by atoms with Crippen molar-refractivity contribution in [2.45, 2.75) is 45.6 Å². The molecule has 0 aromatic heterocycles. The Balaban J connectivity index is 2.60. The van der Waals surface area contributed by atoms with Gasteiger partial charge in [-0.05, 0) is 24.0 Å². The molecule has 0 saturated heterocycles. The lowest BCUT2D eigenvalue weighted by molar-refractivity contribution is -0.145. The average Bonchev–Trinajstić information content (AvgIpc) is 2.36. The van der Waals surface area contributed by atoms with Gasteiger partial charge in [-0.2, -0.15) is 0 Å². The van der Waals surface area contributed by atoms with Crippen LogP contribution in [-0.2, 0) is 14.9 Å². The van der Waals surface area contributed by atoms with Gasteiger partial charge in [-0.25, -0.2) is 0 Å². The SMILES string of the molecule is CCOC(=O)CC(O)CNc1ccccc1C(C)(C)C. The number of anilines is 1. The summed E-state index contributed by atoms with van der Waals surface area (Å²) in [6, 6.07) is 8.01. The van der Waals surface area contributed by atoms with Crippen LogP contribution < -0.4 is 5.32 Å². The molecule has 1 aromatic rings. The van der Waals surface area contributed by atoms with Gasteiger partial charge in [-0.15, -0.1) is 0 Å². The summed E-state index contributed by atoms with van der Waals surface area (Å²) in [6.45, 7) is 8.84. The number of carbonyl (C=O) groups is 1. The van der Waals surface area contributed by atoms with Crippen molar-refractivity contribution in [3.05, 3.63) is 29.8 Å². The van der Waals surface area contributed by atoms with Gasteiger partial charge in [-0.1, -0.05) is 39.0 Å². The van der Waals surface area contributed by atoms with Crippen molar-refractivity contribution in [2.75, 3.05) is 18.5 Å². The van der Waals surface area contributed by atoms with Crippen molar-refractivity contribution in [1.82, 2.24) is 0 Å². The first-order chi connectivity index (χ1) is 9.34. The maximum atomic E-state index is 11.3. The smallest absolute Gasteiger partial charge is 0.308 e. The molecule has 0 fully saturated rings. The Kier molecular flexibility index (Phi) is 6.02. The first kappa shape index (κ1) is 16.5. The number of aliphatic hydroxyl groups excluding tert-OH is 1. The van der Waals surface area contributed by atoms with Gasteiger partial charge in [0.15, 0.2) is 0 Å². The van der Waals surface area contributed by atoms with Crippen molar-refractivity contribution in [2.24, 2.45) is 0 Å². The first-order valence-electron chi connectivity index (χ1n) is 7.01. The van der Waals surface area contributed by atoms with Crippen LogP contribution >= 0.6 is 0 Å². The summed E-state index contributed by atoms with van der Waals surface area (Å²) in [6.07, 6.45) is -0.736. The minimum atomic E-state index is -0.748. The van der Waals surface area contributed by atoms with E-state index in [9.17, 15) is 9.90 Å². The van der Waals surface area contributed by atoms with Crippen LogP contribution in [0.4, 0.5) is 5.69 Å². The summed E-state index contributed by atoms with van der Waals surface area (Å²) >= 11 is 0. The molecule has 0 spiro atoms. The molecule has 0 radical (unpaired) electrons. The van der Waals surface area contributed by atoms with Crippen molar-refractivity contribution in [3.8, 4) is 0 Å². The molecule has 1 aromatic carbocycles. The van der Waals surface area contributed by atoms with E-state index in [0.717, 1.165) is 5.69 Å². The maximum Gasteiger partial charge on any atom is 0.308 e. The van der Waals surface area contributed by atoms with Crippen molar-refractivity contribution in [3.63, 3.8) is 0 Å². The van der Waals surface area contributed by atoms with Gasteiger partial charge >= 0.3 is 5.97 Å². The van der Waals surface area contributed by atoms with E-state index in [4.69, 9.17) is 4.74 Å². The normalized spacial score (nSPS) is 12.8. The summed E-state index contributed by atoms with van der Waals surface area (Å²) < 4.78 is 4.82. The molecule has 20 heavy (non-hydrogen) atoms. The molecule has 0 saturated carbocycles. The molecule has 1 unspecified atom stereocenters. The predicted molar refractivity (Wildman–Crippen MR) is 80.9 cm³/mol. The molecular formula is C16H25NO3. The Hall–Kier alpha value is -1.55. The van der Waals surface area contributed by atoms with Gasteiger partial charge in [0.05, 0.1) is 19.1 Å². The highest BCUT2D eigenvalue weighted by molar-refractivity contribution is 5.70. The highest BCUT2D eigenvalue weighted by Crippen LogP contribution is 2.29. The van der Waals surface area contributed by atoms with Crippen molar-refractivity contribution in [1.29, 1.82) is 0 Å². The van der Waals surface area contributed by atoms with E-state index in [1.807, 2.05) is 18.2 Å². The number of esters is 1. The number of benzene rings is 1. The first-order valence-corrected chi connectivity index (χ1v) is 7.01. The second-order valence-electron chi connectivity index (χ2n) is 5.84. The Morgan fingerprint density at radius 1 is 1.35 bits per heavy atom. The second-order valence-corrected chi connectivity index (χ2v) is 5.84. The summed E-state index contributed by atoms with van der Waals surface area (Å²) in [4.78, 5) is 11.3. The van der Waals surface area contributed by atoms with E-state index in [1.54, 1.807) is 6.92 Å². The predicted octanol–water partition coefficient (Wildman–Crippen LogP) is 2.71. The van der Waals surface area contributed by atoms with Crippen LogP contribution in [0.3, 0.4) is 0 Å².